The summed E-state index contributed by atoms with van der Waals surface area (Å²) in [5.41, 5.74) is -1.44. The molecule has 13 heteroatoms. The van der Waals surface area contributed by atoms with Crippen molar-refractivity contribution in [2.24, 2.45) is 0 Å². The molecule has 0 amide bonds. The molecular formula is C20H26N3O9P. The highest BCUT2D eigenvalue weighted by Gasteiger charge is 2.46. The number of esters is 2. The Bertz CT molecular complexity index is 949. The lowest BCUT2D eigenvalue weighted by molar-refractivity contribution is -0.365. The number of ether oxygens (including phenoxy) is 6. The van der Waals surface area contributed by atoms with Gasteiger partial charge in [-0.05, 0) is 26.0 Å². The summed E-state index contributed by atoms with van der Waals surface area (Å²) >= 11 is 0. The number of benzene rings is 1. The van der Waals surface area contributed by atoms with Crippen LogP contribution in [0.4, 0.5) is 0 Å². The summed E-state index contributed by atoms with van der Waals surface area (Å²) in [7, 11) is -0.456. The Kier molecular flexibility index (Phi) is 8.70. The Morgan fingerprint density at radius 2 is 1.88 bits per heavy atom. The molecule has 3 rings (SSSR count). The van der Waals surface area contributed by atoms with Gasteiger partial charge in [-0.1, -0.05) is 18.2 Å². The second-order valence-electron chi connectivity index (χ2n) is 6.75. The summed E-state index contributed by atoms with van der Waals surface area (Å²) in [6, 6.07) is 8.42. The first kappa shape index (κ1) is 25.0. The molecule has 180 valence electrons. The second-order valence-corrected chi connectivity index (χ2v) is 7.69. The van der Waals surface area contributed by atoms with E-state index in [0.29, 0.717) is 5.56 Å². The summed E-state index contributed by atoms with van der Waals surface area (Å²) in [5.74, 6) is -1.52. The third-order valence-corrected chi connectivity index (χ3v) is 5.33. The number of carbonyl (C=O) groups is 2. The summed E-state index contributed by atoms with van der Waals surface area (Å²) in [5, 5.41) is 4.06. The molecule has 2 heterocycles. The molecule has 33 heavy (non-hydrogen) atoms. The van der Waals surface area contributed by atoms with Gasteiger partial charge >= 0.3 is 17.7 Å². The van der Waals surface area contributed by atoms with Crippen molar-refractivity contribution in [3.05, 3.63) is 48.0 Å². The minimum absolute atomic E-state index is 0.0536. The minimum Gasteiger partial charge on any atom is -0.463 e. The normalized spacial score (nSPS) is 20.9. The molecule has 0 aliphatic carbocycles. The van der Waals surface area contributed by atoms with E-state index in [1.165, 1.54) is 18.1 Å². The second kappa shape index (κ2) is 11.5. The van der Waals surface area contributed by atoms with Crippen LogP contribution in [-0.2, 0) is 33.0 Å². The molecule has 0 radical (unpaired) electrons. The van der Waals surface area contributed by atoms with Crippen LogP contribution in [0.25, 0.3) is 0 Å². The highest BCUT2D eigenvalue weighted by molar-refractivity contribution is 7.25. The van der Waals surface area contributed by atoms with Gasteiger partial charge in [-0.15, -0.1) is 5.10 Å². The summed E-state index contributed by atoms with van der Waals surface area (Å²) in [6.45, 7) is 3.78. The summed E-state index contributed by atoms with van der Waals surface area (Å²) in [6.07, 6.45) is -1.58. The third kappa shape index (κ3) is 6.04. The van der Waals surface area contributed by atoms with E-state index in [0.717, 1.165) is 0 Å². The average molecular weight is 483 g/mol. The molecule has 12 nitrogen and oxygen atoms in total. The maximum Gasteiger partial charge on any atom is 0.377 e. The van der Waals surface area contributed by atoms with Crippen molar-refractivity contribution < 1.29 is 42.6 Å². The smallest absolute Gasteiger partial charge is 0.377 e. The number of hydrogen-bond donors (Lipinski definition) is 0. The lowest BCUT2D eigenvalue weighted by Gasteiger charge is -2.30. The Labute approximate surface area is 191 Å². The molecule has 1 aliphatic heterocycles. The Hall–Kier alpha value is -2.63. The average Bonchev–Trinajstić information content (AvgIpc) is 3.46. The van der Waals surface area contributed by atoms with Gasteiger partial charge in [0.05, 0.1) is 25.9 Å². The van der Waals surface area contributed by atoms with Gasteiger partial charge in [-0.3, -0.25) is 4.74 Å². The van der Waals surface area contributed by atoms with Crippen molar-refractivity contribution >= 4 is 20.4 Å². The van der Waals surface area contributed by atoms with Crippen molar-refractivity contribution in [2.45, 2.75) is 44.6 Å². The maximum absolute atomic E-state index is 12.7. The van der Waals surface area contributed by atoms with Crippen LogP contribution in [0.5, 0.6) is 0 Å². The van der Waals surface area contributed by atoms with Crippen molar-refractivity contribution in [2.75, 3.05) is 20.3 Å². The fraction of sp³-hybridized carbons (Fsp3) is 0.500. The van der Waals surface area contributed by atoms with Crippen LogP contribution in [-0.4, -0.2) is 65.1 Å². The fourth-order valence-electron chi connectivity index (χ4n) is 3.17. The van der Waals surface area contributed by atoms with Crippen LogP contribution < -0.4 is 0 Å². The van der Waals surface area contributed by atoms with Gasteiger partial charge in [0.25, 0.3) is 5.82 Å². The van der Waals surface area contributed by atoms with Crippen LogP contribution in [0.2, 0.25) is 0 Å². The van der Waals surface area contributed by atoms with Gasteiger partial charge in [0.15, 0.2) is 27.1 Å². The molecule has 4 unspecified atom stereocenters. The zero-order valence-electron chi connectivity index (χ0n) is 18.4. The number of rotatable bonds is 11. The third-order valence-electron chi connectivity index (χ3n) is 4.57. The molecule has 4 atom stereocenters. The molecule has 0 spiro atoms. The first-order chi connectivity index (χ1) is 15.9. The van der Waals surface area contributed by atoms with Crippen molar-refractivity contribution in [1.29, 1.82) is 0 Å². The SMILES string of the molecule is CCOC(OCC)(OC1CC(OC(=O)c2ccccc2)C(n2cnc(C(=O)OC)n2)O1)[PH2]=O. The van der Waals surface area contributed by atoms with Crippen LogP contribution in [0, 0.1) is 0 Å². The van der Waals surface area contributed by atoms with Crippen LogP contribution in [0.1, 0.15) is 47.5 Å². The van der Waals surface area contributed by atoms with E-state index in [9.17, 15) is 14.2 Å². The van der Waals surface area contributed by atoms with Crippen molar-refractivity contribution in [1.82, 2.24) is 14.8 Å². The van der Waals surface area contributed by atoms with Gasteiger partial charge in [-0.25, -0.2) is 19.3 Å². The Morgan fingerprint density at radius 3 is 2.48 bits per heavy atom. The van der Waals surface area contributed by atoms with Crippen LogP contribution in [0.3, 0.4) is 0 Å². The lowest BCUT2D eigenvalue weighted by Crippen LogP contribution is -2.37. The van der Waals surface area contributed by atoms with E-state index in [1.807, 2.05) is 0 Å². The molecule has 1 fully saturated rings. The first-order valence-electron chi connectivity index (χ1n) is 10.3. The predicted octanol–water partition coefficient (Wildman–Crippen LogP) is 1.99. The van der Waals surface area contributed by atoms with Gasteiger partial charge in [0, 0.05) is 6.42 Å². The summed E-state index contributed by atoms with van der Waals surface area (Å²) in [4.78, 5) is 28.3. The highest BCUT2D eigenvalue weighted by atomic mass is 31.1. The van der Waals surface area contributed by atoms with E-state index >= 15 is 0 Å². The van der Waals surface area contributed by atoms with Gasteiger partial charge in [0.1, 0.15) is 6.33 Å². The van der Waals surface area contributed by atoms with Crippen LogP contribution >= 0.6 is 8.46 Å². The monoisotopic (exact) mass is 483 g/mol. The van der Waals surface area contributed by atoms with E-state index < -0.39 is 44.7 Å². The minimum atomic E-state index is -1.78. The van der Waals surface area contributed by atoms with Gasteiger partial charge < -0.3 is 28.2 Å². The topological polar surface area (TPSA) is 137 Å². The highest BCUT2D eigenvalue weighted by Crippen LogP contribution is 2.38. The first-order valence-corrected chi connectivity index (χ1v) is 11.3. The van der Waals surface area contributed by atoms with Gasteiger partial charge in [0.2, 0.25) is 0 Å². The van der Waals surface area contributed by atoms with E-state index in [4.69, 9.17) is 23.7 Å². The fourth-order valence-corrected chi connectivity index (χ4v) is 3.85. The number of nitrogens with zero attached hydrogens (tertiary/aromatic N) is 3. The quantitative estimate of drug-likeness (QED) is 0.263. The molecular weight excluding hydrogens is 457 g/mol. The molecule has 0 bridgehead atoms. The molecule has 1 aromatic carbocycles. The van der Waals surface area contributed by atoms with E-state index in [2.05, 4.69) is 14.8 Å². The molecule has 0 N–H and O–H groups in total. The molecule has 1 saturated heterocycles. The zero-order valence-corrected chi connectivity index (χ0v) is 19.6. The lowest BCUT2D eigenvalue weighted by atomic mass is 10.2. The van der Waals surface area contributed by atoms with Crippen LogP contribution in [0.15, 0.2) is 36.7 Å². The number of methoxy groups -OCH3 is 1. The number of hydrogen-bond acceptors (Lipinski definition) is 11. The van der Waals surface area contributed by atoms with Gasteiger partial charge in [-0.2, -0.15) is 0 Å². The Balaban J connectivity index is 1.84. The van der Waals surface area contributed by atoms with Crippen molar-refractivity contribution in [3.8, 4) is 0 Å². The summed E-state index contributed by atoms with van der Waals surface area (Å²) < 4.78 is 46.0. The molecule has 2 aromatic rings. The van der Waals surface area contributed by atoms with Crippen molar-refractivity contribution in [3.63, 3.8) is 0 Å². The largest absolute Gasteiger partial charge is 0.463 e. The number of aromatic nitrogens is 3. The number of carbonyl (C=O) groups excluding carboxylic acids is 2. The zero-order chi connectivity index (χ0) is 23.8. The standard InChI is InChI=1S/C20H26N3O9P/c1-4-28-20(33-26,29-5-2)32-15-11-14(30-18(24)13-9-7-6-8-10-13)17(31-15)23-12-21-16(22-23)19(25)27-3/h6-10,12,14-15,17H,4-5,11,33H2,1-3H3. The predicted molar refractivity (Wildman–Crippen MR) is 113 cm³/mol. The maximum atomic E-state index is 12.7. The van der Waals surface area contributed by atoms with E-state index in [1.54, 1.807) is 44.2 Å². The molecule has 0 saturated carbocycles. The Morgan fingerprint density at radius 1 is 1.18 bits per heavy atom. The van der Waals surface area contributed by atoms with E-state index in [-0.39, 0.29) is 25.5 Å². The molecule has 1 aromatic heterocycles. The molecule has 1 aliphatic rings.